The normalized spacial score (nSPS) is 10.5. The molecule has 1 aromatic carbocycles. The second-order valence-corrected chi connectivity index (χ2v) is 6.32. The van der Waals surface area contributed by atoms with Gasteiger partial charge in [0.15, 0.2) is 0 Å². The number of hydrogen-bond donors (Lipinski definition) is 0. The number of hydrogen-bond acceptors (Lipinski definition) is 4. The van der Waals surface area contributed by atoms with E-state index in [4.69, 9.17) is 0 Å². The monoisotopic (exact) mass is 357 g/mol. The van der Waals surface area contributed by atoms with Gasteiger partial charge in [-0.25, -0.2) is 0 Å². The molecule has 3 nitrogen and oxygen atoms in total. The molecule has 104 valence electrons. The van der Waals surface area contributed by atoms with E-state index in [-0.39, 0.29) is 0 Å². The number of rotatable bonds is 4. The summed E-state index contributed by atoms with van der Waals surface area (Å²) < 4.78 is 1.06. The first-order valence-electron chi connectivity index (χ1n) is 6.43. The standard InChI is InChI=1S/C16H12BrN3S/c17-14-3-1-13(2-4-14)15-5-6-16(20-19-15)21-11-12-7-9-18-10-8-12/h1-10H,11H2. The molecule has 5 heteroatoms. The molecule has 0 N–H and O–H groups in total. The zero-order valence-corrected chi connectivity index (χ0v) is 13.5. The Morgan fingerprint density at radius 3 is 2.29 bits per heavy atom. The molecule has 0 aliphatic rings. The zero-order chi connectivity index (χ0) is 14.5. The Morgan fingerprint density at radius 2 is 1.62 bits per heavy atom. The SMILES string of the molecule is Brc1ccc(-c2ccc(SCc3ccncc3)nn2)cc1. The lowest BCUT2D eigenvalue weighted by molar-refractivity contribution is 0.935. The van der Waals surface area contributed by atoms with Crippen LogP contribution in [0, 0.1) is 0 Å². The summed E-state index contributed by atoms with van der Waals surface area (Å²) in [5.41, 5.74) is 3.18. The molecule has 2 aromatic heterocycles. The summed E-state index contributed by atoms with van der Waals surface area (Å²) >= 11 is 5.10. The van der Waals surface area contributed by atoms with E-state index in [9.17, 15) is 0 Å². The third-order valence-electron chi connectivity index (χ3n) is 2.92. The van der Waals surface area contributed by atoms with Crippen molar-refractivity contribution in [2.45, 2.75) is 10.8 Å². The molecular formula is C16H12BrN3S. The van der Waals surface area contributed by atoms with Crippen LogP contribution in [0.2, 0.25) is 0 Å². The number of thioether (sulfide) groups is 1. The molecule has 0 unspecified atom stereocenters. The summed E-state index contributed by atoms with van der Waals surface area (Å²) in [4.78, 5) is 4.01. The van der Waals surface area contributed by atoms with Crippen LogP contribution in [0.3, 0.4) is 0 Å². The number of pyridine rings is 1. The van der Waals surface area contributed by atoms with Crippen LogP contribution in [0.15, 0.2) is 70.4 Å². The quantitative estimate of drug-likeness (QED) is 0.640. The molecule has 0 aliphatic carbocycles. The first kappa shape index (κ1) is 14.2. The zero-order valence-electron chi connectivity index (χ0n) is 11.1. The van der Waals surface area contributed by atoms with Crippen molar-refractivity contribution >= 4 is 27.7 Å². The molecule has 0 amide bonds. The highest BCUT2D eigenvalue weighted by Gasteiger charge is 2.02. The van der Waals surface area contributed by atoms with Crippen molar-refractivity contribution in [3.63, 3.8) is 0 Å². The molecule has 0 aliphatic heterocycles. The van der Waals surface area contributed by atoms with Crippen LogP contribution in [0.4, 0.5) is 0 Å². The molecular weight excluding hydrogens is 346 g/mol. The van der Waals surface area contributed by atoms with Gasteiger partial charge in [0.2, 0.25) is 0 Å². The molecule has 3 rings (SSSR count). The molecule has 2 heterocycles. The molecule has 3 aromatic rings. The van der Waals surface area contributed by atoms with Crippen molar-refractivity contribution in [3.05, 3.63) is 71.0 Å². The first-order valence-corrected chi connectivity index (χ1v) is 8.20. The second kappa shape index (κ2) is 6.83. The highest BCUT2D eigenvalue weighted by Crippen LogP contribution is 2.23. The fourth-order valence-corrected chi connectivity index (χ4v) is 2.84. The van der Waals surface area contributed by atoms with Crippen molar-refractivity contribution in [1.82, 2.24) is 15.2 Å². The van der Waals surface area contributed by atoms with Gasteiger partial charge >= 0.3 is 0 Å². The molecule has 0 saturated carbocycles. The largest absolute Gasteiger partial charge is 0.265 e. The Labute approximate surface area is 136 Å². The molecule has 0 bridgehead atoms. The first-order chi connectivity index (χ1) is 10.3. The van der Waals surface area contributed by atoms with Gasteiger partial charge in [-0.05, 0) is 42.0 Å². The fraction of sp³-hybridized carbons (Fsp3) is 0.0625. The highest BCUT2D eigenvalue weighted by atomic mass is 79.9. The Kier molecular flexibility index (Phi) is 4.62. The third-order valence-corrected chi connectivity index (χ3v) is 4.44. The molecule has 21 heavy (non-hydrogen) atoms. The third kappa shape index (κ3) is 3.89. The van der Waals surface area contributed by atoms with Gasteiger partial charge in [0, 0.05) is 28.2 Å². The topological polar surface area (TPSA) is 38.7 Å². The molecule has 0 fully saturated rings. The summed E-state index contributed by atoms with van der Waals surface area (Å²) in [6, 6.07) is 16.1. The lowest BCUT2D eigenvalue weighted by atomic mass is 10.1. The maximum Gasteiger partial charge on any atom is 0.119 e. The van der Waals surface area contributed by atoms with Gasteiger partial charge in [-0.1, -0.05) is 39.8 Å². The minimum absolute atomic E-state index is 0.870. The minimum atomic E-state index is 0.870. The number of benzene rings is 1. The van der Waals surface area contributed by atoms with Gasteiger partial charge in [-0.15, -0.1) is 10.2 Å². The number of halogens is 1. The molecule has 0 saturated heterocycles. The van der Waals surface area contributed by atoms with Gasteiger partial charge in [0.05, 0.1) is 5.69 Å². The Bertz CT molecular complexity index is 700. The van der Waals surface area contributed by atoms with E-state index in [1.165, 1.54) is 5.56 Å². The predicted octanol–water partition coefficient (Wildman–Crippen LogP) is 4.59. The van der Waals surface area contributed by atoms with E-state index in [0.717, 1.165) is 26.5 Å². The van der Waals surface area contributed by atoms with E-state index in [1.807, 2.05) is 48.5 Å². The smallest absolute Gasteiger partial charge is 0.119 e. The van der Waals surface area contributed by atoms with Crippen LogP contribution >= 0.6 is 27.7 Å². The summed E-state index contributed by atoms with van der Waals surface area (Å²) in [7, 11) is 0. The maximum atomic E-state index is 4.29. The summed E-state index contributed by atoms with van der Waals surface area (Å²) in [6.45, 7) is 0. The van der Waals surface area contributed by atoms with E-state index >= 15 is 0 Å². The van der Waals surface area contributed by atoms with Crippen LogP contribution < -0.4 is 0 Å². The molecule has 0 radical (unpaired) electrons. The van der Waals surface area contributed by atoms with Crippen LogP contribution in [0.1, 0.15) is 5.56 Å². The average molecular weight is 358 g/mol. The van der Waals surface area contributed by atoms with E-state index < -0.39 is 0 Å². The van der Waals surface area contributed by atoms with Crippen LogP contribution in [0.25, 0.3) is 11.3 Å². The highest BCUT2D eigenvalue weighted by molar-refractivity contribution is 9.10. The van der Waals surface area contributed by atoms with Crippen molar-refractivity contribution in [1.29, 1.82) is 0 Å². The Hall–Kier alpha value is -1.72. The van der Waals surface area contributed by atoms with Crippen molar-refractivity contribution < 1.29 is 0 Å². The van der Waals surface area contributed by atoms with Crippen molar-refractivity contribution in [2.24, 2.45) is 0 Å². The summed E-state index contributed by atoms with van der Waals surface area (Å²) in [5.74, 6) is 0.870. The fourth-order valence-electron chi connectivity index (χ4n) is 1.81. The lowest BCUT2D eigenvalue weighted by Gasteiger charge is -2.03. The lowest BCUT2D eigenvalue weighted by Crippen LogP contribution is -1.90. The Morgan fingerprint density at radius 1 is 0.857 bits per heavy atom. The van der Waals surface area contributed by atoms with Crippen LogP contribution in [0.5, 0.6) is 0 Å². The van der Waals surface area contributed by atoms with Crippen LogP contribution in [-0.2, 0) is 5.75 Å². The van der Waals surface area contributed by atoms with Gasteiger partial charge < -0.3 is 0 Å². The van der Waals surface area contributed by atoms with E-state index in [0.29, 0.717) is 0 Å². The second-order valence-electron chi connectivity index (χ2n) is 4.41. The van der Waals surface area contributed by atoms with Gasteiger partial charge in [0.25, 0.3) is 0 Å². The van der Waals surface area contributed by atoms with Crippen molar-refractivity contribution in [3.8, 4) is 11.3 Å². The van der Waals surface area contributed by atoms with Crippen molar-refractivity contribution in [2.75, 3.05) is 0 Å². The minimum Gasteiger partial charge on any atom is -0.265 e. The number of nitrogens with zero attached hydrogens (tertiary/aromatic N) is 3. The number of aromatic nitrogens is 3. The van der Waals surface area contributed by atoms with Gasteiger partial charge in [-0.2, -0.15) is 0 Å². The Balaban J connectivity index is 1.68. The van der Waals surface area contributed by atoms with Crippen LogP contribution in [-0.4, -0.2) is 15.2 Å². The maximum absolute atomic E-state index is 4.29. The summed E-state index contributed by atoms with van der Waals surface area (Å²) in [5, 5.41) is 9.49. The summed E-state index contributed by atoms with van der Waals surface area (Å²) in [6.07, 6.45) is 3.61. The van der Waals surface area contributed by atoms with Gasteiger partial charge in [0.1, 0.15) is 5.03 Å². The molecule has 0 spiro atoms. The average Bonchev–Trinajstić information content (AvgIpc) is 2.55. The predicted molar refractivity (Wildman–Crippen MR) is 89.0 cm³/mol. The van der Waals surface area contributed by atoms with E-state index in [2.05, 4.69) is 31.1 Å². The van der Waals surface area contributed by atoms with Gasteiger partial charge in [-0.3, -0.25) is 4.98 Å². The molecule has 0 atom stereocenters. The van der Waals surface area contributed by atoms with E-state index in [1.54, 1.807) is 24.2 Å².